The summed E-state index contributed by atoms with van der Waals surface area (Å²) in [6.45, 7) is 0.487. The molecule has 0 saturated heterocycles. The number of hydrogen-bond donors (Lipinski definition) is 0. The van der Waals surface area contributed by atoms with E-state index in [2.05, 4.69) is 22.6 Å². The Hall–Kier alpha value is 0.550. The third kappa shape index (κ3) is 4.93. The average Bonchev–Trinajstić information content (AvgIpc) is 2.40. The van der Waals surface area contributed by atoms with Crippen molar-refractivity contribution >= 4 is 22.6 Å². The summed E-state index contributed by atoms with van der Waals surface area (Å²) in [6.07, 6.45) is 6.52. The van der Waals surface area contributed by atoms with Crippen LogP contribution in [0.15, 0.2) is 0 Å². The van der Waals surface area contributed by atoms with Gasteiger partial charge in [0, 0.05) is 11.4 Å². The van der Waals surface area contributed by atoms with E-state index in [1.165, 1.54) is 12.8 Å². The van der Waals surface area contributed by atoms with Gasteiger partial charge in [-0.05, 0) is 12.8 Å². The lowest BCUT2D eigenvalue weighted by Crippen LogP contribution is -2.37. The summed E-state index contributed by atoms with van der Waals surface area (Å²) >= 11 is 2.26. The van der Waals surface area contributed by atoms with Crippen molar-refractivity contribution in [1.82, 2.24) is 0 Å². The van der Waals surface area contributed by atoms with Crippen LogP contribution < -0.4 is 0 Å². The van der Waals surface area contributed by atoms with E-state index in [9.17, 15) is 8.78 Å². The second kappa shape index (κ2) is 5.75. The lowest BCUT2D eigenvalue weighted by atomic mass is 9.97. The normalized spacial score (nSPS) is 22.4. The van der Waals surface area contributed by atoms with Crippen molar-refractivity contribution in [2.45, 2.75) is 57.0 Å². The maximum absolute atomic E-state index is 12.8. The summed E-state index contributed by atoms with van der Waals surface area (Å²) in [4.78, 5) is 0. The van der Waals surface area contributed by atoms with E-state index in [1.54, 1.807) is 0 Å². The van der Waals surface area contributed by atoms with Gasteiger partial charge in [0.05, 0.1) is 5.60 Å². The van der Waals surface area contributed by atoms with Gasteiger partial charge in [0.2, 0.25) is 0 Å². The van der Waals surface area contributed by atoms with Crippen LogP contribution in [0.2, 0.25) is 0 Å². The molecule has 1 aliphatic carbocycles. The van der Waals surface area contributed by atoms with E-state index >= 15 is 0 Å². The third-order valence-corrected chi connectivity index (χ3v) is 4.28. The van der Waals surface area contributed by atoms with Crippen molar-refractivity contribution in [3.63, 3.8) is 0 Å². The summed E-state index contributed by atoms with van der Waals surface area (Å²) < 4.78 is 31.8. The highest BCUT2D eigenvalue weighted by atomic mass is 127. The van der Waals surface area contributed by atoms with Crippen LogP contribution in [0.3, 0.4) is 0 Å². The molecule has 0 N–H and O–H groups in total. The standard InChI is InChI=1S/C11H19F2IO/c1-10(12,13)9-15-11(8-14)6-4-2-3-5-7-11/h2-9H2,1H3. The highest BCUT2D eigenvalue weighted by molar-refractivity contribution is 14.1. The third-order valence-electron chi connectivity index (χ3n) is 2.89. The highest BCUT2D eigenvalue weighted by Crippen LogP contribution is 2.33. The van der Waals surface area contributed by atoms with Gasteiger partial charge in [-0.25, -0.2) is 8.78 Å². The van der Waals surface area contributed by atoms with Crippen molar-refractivity contribution in [3.05, 3.63) is 0 Å². The fraction of sp³-hybridized carbons (Fsp3) is 1.00. The molecule has 0 aliphatic heterocycles. The molecule has 0 bridgehead atoms. The Kier molecular flexibility index (Phi) is 5.22. The van der Waals surface area contributed by atoms with E-state index in [4.69, 9.17) is 4.74 Å². The fourth-order valence-corrected chi connectivity index (χ4v) is 2.95. The summed E-state index contributed by atoms with van der Waals surface area (Å²) in [5, 5.41) is 0. The van der Waals surface area contributed by atoms with E-state index < -0.39 is 12.5 Å². The van der Waals surface area contributed by atoms with Crippen LogP contribution in [-0.4, -0.2) is 22.6 Å². The van der Waals surface area contributed by atoms with Crippen molar-refractivity contribution in [1.29, 1.82) is 0 Å². The second-order valence-corrected chi connectivity index (χ2v) is 5.35. The van der Waals surface area contributed by atoms with Gasteiger partial charge in [0.25, 0.3) is 5.92 Å². The van der Waals surface area contributed by atoms with Crippen LogP contribution in [0, 0.1) is 0 Å². The van der Waals surface area contributed by atoms with Crippen LogP contribution in [0.4, 0.5) is 8.78 Å². The molecule has 1 nitrogen and oxygen atoms in total. The Morgan fingerprint density at radius 3 is 2.13 bits per heavy atom. The van der Waals surface area contributed by atoms with Crippen LogP contribution in [0.25, 0.3) is 0 Å². The Balaban J connectivity index is 2.50. The van der Waals surface area contributed by atoms with Crippen LogP contribution in [0.1, 0.15) is 45.4 Å². The van der Waals surface area contributed by atoms with Crippen LogP contribution in [-0.2, 0) is 4.74 Å². The highest BCUT2D eigenvalue weighted by Gasteiger charge is 2.34. The minimum atomic E-state index is -2.70. The lowest BCUT2D eigenvalue weighted by molar-refractivity contribution is -0.125. The Labute approximate surface area is 104 Å². The molecule has 0 aromatic rings. The molecular weight excluding hydrogens is 313 g/mol. The molecule has 0 aromatic heterocycles. The molecular formula is C11H19F2IO. The van der Waals surface area contributed by atoms with Crippen molar-refractivity contribution in [3.8, 4) is 0 Å². The molecule has 1 saturated carbocycles. The van der Waals surface area contributed by atoms with E-state index in [-0.39, 0.29) is 5.60 Å². The predicted octanol–water partition coefficient (Wildman–Crippen LogP) is 4.19. The zero-order valence-corrected chi connectivity index (χ0v) is 11.4. The average molecular weight is 332 g/mol. The zero-order chi connectivity index (χ0) is 11.4. The first kappa shape index (κ1) is 13.6. The lowest BCUT2D eigenvalue weighted by Gasteiger charge is -2.32. The zero-order valence-electron chi connectivity index (χ0n) is 9.20. The molecule has 0 aromatic carbocycles. The first-order valence-electron chi connectivity index (χ1n) is 5.55. The predicted molar refractivity (Wildman–Crippen MR) is 65.9 cm³/mol. The number of alkyl halides is 3. The van der Waals surface area contributed by atoms with E-state index in [0.29, 0.717) is 0 Å². The van der Waals surface area contributed by atoms with Gasteiger partial charge >= 0.3 is 0 Å². The molecule has 1 aliphatic rings. The molecule has 0 unspecified atom stereocenters. The summed E-state index contributed by atoms with van der Waals surface area (Å²) in [5.74, 6) is -2.70. The molecule has 0 amide bonds. The summed E-state index contributed by atoms with van der Waals surface area (Å²) in [6, 6.07) is 0. The van der Waals surface area contributed by atoms with Gasteiger partial charge < -0.3 is 4.74 Å². The minimum absolute atomic E-state index is 0.281. The van der Waals surface area contributed by atoms with Gasteiger partial charge in [0.1, 0.15) is 6.61 Å². The molecule has 1 rings (SSSR count). The molecule has 0 radical (unpaired) electrons. The first-order chi connectivity index (χ1) is 6.97. The molecule has 4 heteroatoms. The molecule has 0 spiro atoms. The smallest absolute Gasteiger partial charge is 0.268 e. The second-order valence-electron chi connectivity index (χ2n) is 4.59. The van der Waals surface area contributed by atoms with Crippen molar-refractivity contribution < 1.29 is 13.5 Å². The Morgan fingerprint density at radius 1 is 1.20 bits per heavy atom. The largest absolute Gasteiger partial charge is 0.368 e. The SMILES string of the molecule is CC(F)(F)COC1(CI)CCCCCC1. The van der Waals surface area contributed by atoms with Gasteiger partial charge in [-0.2, -0.15) is 0 Å². The van der Waals surface area contributed by atoms with Crippen molar-refractivity contribution in [2.24, 2.45) is 0 Å². The topological polar surface area (TPSA) is 9.23 Å². The van der Waals surface area contributed by atoms with Gasteiger partial charge in [-0.1, -0.05) is 48.3 Å². The molecule has 90 valence electrons. The number of rotatable bonds is 4. The number of hydrogen-bond acceptors (Lipinski definition) is 1. The molecule has 15 heavy (non-hydrogen) atoms. The van der Waals surface area contributed by atoms with Gasteiger partial charge in [-0.15, -0.1) is 0 Å². The molecule has 1 fully saturated rings. The minimum Gasteiger partial charge on any atom is -0.368 e. The summed E-state index contributed by atoms with van der Waals surface area (Å²) in [7, 11) is 0. The first-order valence-corrected chi connectivity index (χ1v) is 7.08. The maximum atomic E-state index is 12.8. The fourth-order valence-electron chi connectivity index (χ4n) is 1.97. The number of halogens is 3. The number of ether oxygens (including phenoxy) is 1. The van der Waals surface area contributed by atoms with Crippen LogP contribution >= 0.6 is 22.6 Å². The van der Waals surface area contributed by atoms with E-state index in [0.717, 1.165) is 37.0 Å². The Bertz CT molecular complexity index is 184. The summed E-state index contributed by atoms with van der Waals surface area (Å²) in [5.41, 5.74) is -0.281. The van der Waals surface area contributed by atoms with Gasteiger partial charge in [-0.3, -0.25) is 0 Å². The maximum Gasteiger partial charge on any atom is 0.268 e. The van der Waals surface area contributed by atoms with Crippen LogP contribution in [0.5, 0.6) is 0 Å². The van der Waals surface area contributed by atoms with Crippen molar-refractivity contribution in [2.75, 3.05) is 11.0 Å². The van der Waals surface area contributed by atoms with E-state index in [1.807, 2.05) is 0 Å². The monoisotopic (exact) mass is 332 g/mol. The van der Waals surface area contributed by atoms with Gasteiger partial charge in [0.15, 0.2) is 0 Å². The molecule has 0 atom stereocenters. The molecule has 0 heterocycles. The quantitative estimate of drug-likeness (QED) is 0.426. The Morgan fingerprint density at radius 2 is 1.73 bits per heavy atom.